The van der Waals surface area contributed by atoms with E-state index >= 15 is 0 Å². The third-order valence-corrected chi connectivity index (χ3v) is 4.31. The molecule has 3 heterocycles. The van der Waals surface area contributed by atoms with Gasteiger partial charge >= 0.3 is 0 Å². The van der Waals surface area contributed by atoms with Crippen LogP contribution in [0.4, 0.5) is 5.69 Å². The molecule has 0 unspecified atom stereocenters. The van der Waals surface area contributed by atoms with E-state index < -0.39 is 0 Å². The van der Waals surface area contributed by atoms with Crippen LogP contribution in [0.2, 0.25) is 5.02 Å². The van der Waals surface area contributed by atoms with Crippen molar-refractivity contribution in [3.63, 3.8) is 0 Å². The molecule has 0 aliphatic carbocycles. The van der Waals surface area contributed by atoms with E-state index in [1.165, 1.54) is 6.33 Å². The third-order valence-electron chi connectivity index (χ3n) is 4.08. The van der Waals surface area contributed by atoms with Gasteiger partial charge in [-0.05, 0) is 31.0 Å². The molecule has 5 nitrogen and oxygen atoms in total. The first kappa shape index (κ1) is 13.4. The van der Waals surface area contributed by atoms with Gasteiger partial charge in [0.15, 0.2) is 5.65 Å². The molecular weight excluding hydrogens is 300 g/mol. The second kappa shape index (κ2) is 5.18. The Morgan fingerprint density at radius 1 is 1.14 bits per heavy atom. The minimum absolute atomic E-state index is 0.0210. The van der Waals surface area contributed by atoms with Gasteiger partial charge in [0.2, 0.25) is 5.88 Å². The van der Waals surface area contributed by atoms with Gasteiger partial charge in [-0.25, -0.2) is 9.97 Å². The number of nitrogens with zero attached hydrogens (tertiary/aromatic N) is 4. The molecule has 1 saturated heterocycles. The fraction of sp³-hybridized carbons (Fsp3) is 0.250. The number of fused-ring (bicyclic) bond motifs is 1. The largest absolute Gasteiger partial charge is 0.493 e. The van der Waals surface area contributed by atoms with Crippen LogP contribution in [0.15, 0.2) is 36.8 Å². The van der Waals surface area contributed by atoms with E-state index in [9.17, 15) is 5.11 Å². The molecule has 2 aromatic heterocycles. The standard InChI is InChI=1S/C16H15ClN4O/c17-11-4-3-5-12(8-11)21-9-13(20-6-1-2-7-20)14-15(21)18-10-19-16(14)22/h3-5,8-10H,1-2,6-7H2,(H,18,19,22). The van der Waals surface area contributed by atoms with Gasteiger partial charge in [-0.2, -0.15) is 0 Å². The van der Waals surface area contributed by atoms with Gasteiger partial charge in [-0.15, -0.1) is 0 Å². The predicted molar refractivity (Wildman–Crippen MR) is 87.0 cm³/mol. The van der Waals surface area contributed by atoms with Crippen LogP contribution in [0.25, 0.3) is 16.7 Å². The van der Waals surface area contributed by atoms with Crippen molar-refractivity contribution in [2.75, 3.05) is 18.0 Å². The van der Waals surface area contributed by atoms with Crippen molar-refractivity contribution in [3.8, 4) is 11.6 Å². The van der Waals surface area contributed by atoms with Crippen LogP contribution < -0.4 is 4.90 Å². The summed E-state index contributed by atoms with van der Waals surface area (Å²) in [7, 11) is 0. The van der Waals surface area contributed by atoms with Crippen LogP contribution in [0.5, 0.6) is 5.88 Å². The van der Waals surface area contributed by atoms with E-state index in [2.05, 4.69) is 14.9 Å². The maximum Gasteiger partial charge on any atom is 0.225 e. The van der Waals surface area contributed by atoms with Gasteiger partial charge in [-0.1, -0.05) is 17.7 Å². The molecule has 0 bridgehead atoms. The van der Waals surface area contributed by atoms with Gasteiger partial charge in [0.25, 0.3) is 0 Å². The zero-order chi connectivity index (χ0) is 15.1. The molecule has 0 radical (unpaired) electrons. The van der Waals surface area contributed by atoms with E-state index in [1.54, 1.807) is 0 Å². The number of hydrogen-bond acceptors (Lipinski definition) is 4. The van der Waals surface area contributed by atoms with Crippen LogP contribution in [0, 0.1) is 0 Å². The lowest BCUT2D eigenvalue weighted by Gasteiger charge is -2.15. The van der Waals surface area contributed by atoms with Crippen LogP contribution in [0.3, 0.4) is 0 Å². The molecule has 3 aromatic rings. The number of aromatic hydroxyl groups is 1. The van der Waals surface area contributed by atoms with Crippen LogP contribution in [0.1, 0.15) is 12.8 Å². The van der Waals surface area contributed by atoms with Crippen molar-refractivity contribution in [2.24, 2.45) is 0 Å². The minimum atomic E-state index is 0.0210. The molecule has 0 atom stereocenters. The van der Waals surface area contributed by atoms with Crippen molar-refractivity contribution in [3.05, 3.63) is 41.8 Å². The van der Waals surface area contributed by atoms with Gasteiger partial charge in [0.05, 0.1) is 5.69 Å². The Bertz CT molecular complexity index is 839. The molecule has 1 aliphatic heterocycles. The lowest BCUT2D eigenvalue weighted by Crippen LogP contribution is -2.17. The molecule has 0 spiro atoms. The number of benzene rings is 1. The normalized spacial score (nSPS) is 14.9. The SMILES string of the molecule is Oc1ncnc2c1c(N1CCCC1)cn2-c1cccc(Cl)c1. The number of rotatable bonds is 2. The van der Waals surface area contributed by atoms with Crippen LogP contribution >= 0.6 is 11.6 Å². The van der Waals surface area contributed by atoms with E-state index in [1.807, 2.05) is 35.0 Å². The Kier molecular flexibility index (Phi) is 3.15. The highest BCUT2D eigenvalue weighted by Crippen LogP contribution is 2.36. The summed E-state index contributed by atoms with van der Waals surface area (Å²) in [6, 6.07) is 7.59. The Morgan fingerprint density at radius 2 is 1.95 bits per heavy atom. The Balaban J connectivity index is 1.97. The average molecular weight is 315 g/mol. The number of hydrogen-bond donors (Lipinski definition) is 1. The number of anilines is 1. The summed E-state index contributed by atoms with van der Waals surface area (Å²) in [4.78, 5) is 10.6. The highest BCUT2D eigenvalue weighted by atomic mass is 35.5. The van der Waals surface area contributed by atoms with Gasteiger partial charge in [0, 0.05) is 30.0 Å². The highest BCUT2D eigenvalue weighted by molar-refractivity contribution is 6.30. The first-order valence-corrected chi connectivity index (χ1v) is 7.68. The highest BCUT2D eigenvalue weighted by Gasteiger charge is 2.22. The van der Waals surface area contributed by atoms with Gasteiger partial charge in [0.1, 0.15) is 11.7 Å². The molecular formula is C16H15ClN4O. The Labute approximate surface area is 132 Å². The Morgan fingerprint density at radius 3 is 2.73 bits per heavy atom. The maximum absolute atomic E-state index is 10.2. The lowest BCUT2D eigenvalue weighted by molar-refractivity contribution is 0.459. The first-order chi connectivity index (χ1) is 10.7. The molecule has 1 fully saturated rings. The summed E-state index contributed by atoms with van der Waals surface area (Å²) in [5, 5.41) is 11.6. The molecule has 0 amide bonds. The third kappa shape index (κ3) is 2.09. The minimum Gasteiger partial charge on any atom is -0.493 e. The van der Waals surface area contributed by atoms with E-state index in [0.29, 0.717) is 16.1 Å². The fourth-order valence-electron chi connectivity index (χ4n) is 3.05. The predicted octanol–water partition coefficient (Wildman–Crippen LogP) is 3.38. The van der Waals surface area contributed by atoms with Crippen LogP contribution in [-0.2, 0) is 0 Å². The summed E-state index contributed by atoms with van der Waals surface area (Å²) in [6.07, 6.45) is 5.72. The fourth-order valence-corrected chi connectivity index (χ4v) is 3.23. The van der Waals surface area contributed by atoms with Gasteiger partial charge in [-0.3, -0.25) is 4.57 Å². The summed E-state index contributed by atoms with van der Waals surface area (Å²) >= 11 is 6.11. The molecule has 1 N–H and O–H groups in total. The molecule has 4 rings (SSSR count). The lowest BCUT2D eigenvalue weighted by atomic mass is 10.3. The zero-order valence-corrected chi connectivity index (χ0v) is 12.7. The topological polar surface area (TPSA) is 54.2 Å². The van der Waals surface area contributed by atoms with Gasteiger partial charge < -0.3 is 10.0 Å². The molecule has 112 valence electrons. The smallest absolute Gasteiger partial charge is 0.225 e. The van der Waals surface area contributed by atoms with E-state index in [-0.39, 0.29) is 5.88 Å². The molecule has 1 aromatic carbocycles. The number of halogens is 1. The summed E-state index contributed by atoms with van der Waals surface area (Å²) in [5.41, 5.74) is 2.59. The zero-order valence-electron chi connectivity index (χ0n) is 11.9. The first-order valence-electron chi connectivity index (χ1n) is 7.30. The molecule has 0 saturated carbocycles. The Hall–Kier alpha value is -2.27. The van der Waals surface area contributed by atoms with E-state index in [4.69, 9.17) is 11.6 Å². The van der Waals surface area contributed by atoms with Crippen molar-refractivity contribution < 1.29 is 5.11 Å². The van der Waals surface area contributed by atoms with E-state index in [0.717, 1.165) is 37.3 Å². The van der Waals surface area contributed by atoms with Crippen molar-refractivity contribution in [1.29, 1.82) is 0 Å². The quantitative estimate of drug-likeness (QED) is 0.788. The second-order valence-electron chi connectivity index (χ2n) is 5.45. The summed E-state index contributed by atoms with van der Waals surface area (Å²) in [5.74, 6) is 0.0210. The second-order valence-corrected chi connectivity index (χ2v) is 5.89. The molecule has 1 aliphatic rings. The van der Waals surface area contributed by atoms with Crippen molar-refractivity contribution in [1.82, 2.24) is 14.5 Å². The van der Waals surface area contributed by atoms with Crippen LogP contribution in [-0.4, -0.2) is 32.7 Å². The van der Waals surface area contributed by atoms with Crippen molar-refractivity contribution >= 4 is 28.3 Å². The summed E-state index contributed by atoms with van der Waals surface area (Å²) < 4.78 is 1.95. The monoisotopic (exact) mass is 314 g/mol. The molecule has 22 heavy (non-hydrogen) atoms. The average Bonchev–Trinajstić information content (AvgIpc) is 3.15. The van der Waals surface area contributed by atoms with Crippen molar-refractivity contribution in [2.45, 2.75) is 12.8 Å². The maximum atomic E-state index is 10.2. The summed E-state index contributed by atoms with van der Waals surface area (Å²) in [6.45, 7) is 1.98. The molecule has 6 heteroatoms. The number of aromatic nitrogens is 3.